The number of nitrogen functional groups attached to an aromatic ring is 1. The molecule has 4 aromatic rings. The molecular formula is C20H15N5O. The number of hydrogen-bond acceptors (Lipinski definition) is 5. The minimum atomic E-state index is 0.218. The van der Waals surface area contributed by atoms with Crippen LogP contribution in [0.15, 0.2) is 66.7 Å². The van der Waals surface area contributed by atoms with Gasteiger partial charge in [-0.15, -0.1) is 0 Å². The maximum atomic E-state index is 10.5. The van der Waals surface area contributed by atoms with E-state index in [1.54, 1.807) is 0 Å². The number of carbonyl (C=O) groups is 1. The summed E-state index contributed by atoms with van der Waals surface area (Å²) in [4.78, 5) is 24.0. The summed E-state index contributed by atoms with van der Waals surface area (Å²) < 4.78 is 0. The zero-order chi connectivity index (χ0) is 17.9. The van der Waals surface area contributed by atoms with E-state index in [4.69, 9.17) is 10.7 Å². The Hall–Kier alpha value is -3.80. The van der Waals surface area contributed by atoms with Crippen LogP contribution in [0.25, 0.3) is 33.5 Å². The van der Waals surface area contributed by atoms with Crippen LogP contribution in [0.1, 0.15) is 0 Å². The Morgan fingerprint density at radius 3 is 2.31 bits per heavy atom. The average molecular weight is 341 g/mol. The molecule has 6 nitrogen and oxygen atoms in total. The van der Waals surface area contributed by atoms with Crippen LogP contribution in [-0.2, 0) is 4.79 Å². The highest BCUT2D eigenvalue weighted by Crippen LogP contribution is 2.28. The molecule has 0 atom stereocenters. The van der Waals surface area contributed by atoms with Gasteiger partial charge in [-0.2, -0.15) is 0 Å². The number of nitrogens with two attached hydrogens (primary N) is 1. The molecule has 2 aromatic heterocycles. The number of nitrogens with one attached hydrogen (secondary N) is 1. The molecule has 2 heterocycles. The molecule has 2 aromatic carbocycles. The molecule has 126 valence electrons. The standard InChI is InChI=1S/C20H15N5O/c21-20-24-17-11-10-16(13-6-8-15(9-7-13)22-12-26)23-19(17)18(25-20)14-4-2-1-3-5-14/h1-12H,(H,22,26)(H2,21,24,25). The predicted molar refractivity (Wildman–Crippen MR) is 102 cm³/mol. The molecule has 0 aliphatic carbocycles. The molecule has 3 N–H and O–H groups in total. The normalized spacial score (nSPS) is 10.6. The molecule has 0 spiro atoms. The lowest BCUT2D eigenvalue weighted by Crippen LogP contribution is -2.00. The molecule has 6 heteroatoms. The van der Waals surface area contributed by atoms with Gasteiger partial charge in [0.15, 0.2) is 0 Å². The molecule has 1 amide bonds. The van der Waals surface area contributed by atoms with Gasteiger partial charge in [-0.05, 0) is 24.3 Å². The molecule has 0 saturated carbocycles. The van der Waals surface area contributed by atoms with Crippen LogP contribution in [0, 0.1) is 0 Å². The van der Waals surface area contributed by atoms with Crippen LogP contribution < -0.4 is 11.1 Å². The Morgan fingerprint density at radius 1 is 0.808 bits per heavy atom. The van der Waals surface area contributed by atoms with Crippen LogP contribution >= 0.6 is 0 Å². The van der Waals surface area contributed by atoms with E-state index in [1.165, 1.54) is 0 Å². The minimum absolute atomic E-state index is 0.218. The first-order chi connectivity index (χ1) is 12.7. The van der Waals surface area contributed by atoms with Gasteiger partial charge >= 0.3 is 0 Å². The van der Waals surface area contributed by atoms with Crippen LogP contribution in [0.4, 0.5) is 11.6 Å². The van der Waals surface area contributed by atoms with E-state index in [1.807, 2.05) is 66.7 Å². The highest BCUT2D eigenvalue weighted by molar-refractivity contribution is 5.91. The molecule has 0 aliphatic rings. The zero-order valence-electron chi connectivity index (χ0n) is 13.8. The fourth-order valence-electron chi connectivity index (χ4n) is 2.80. The van der Waals surface area contributed by atoms with Gasteiger partial charge in [0.25, 0.3) is 0 Å². The number of amides is 1. The van der Waals surface area contributed by atoms with Crippen molar-refractivity contribution in [2.45, 2.75) is 0 Å². The van der Waals surface area contributed by atoms with Crippen molar-refractivity contribution in [3.63, 3.8) is 0 Å². The molecule has 0 bridgehead atoms. The molecule has 0 unspecified atom stereocenters. The monoisotopic (exact) mass is 341 g/mol. The summed E-state index contributed by atoms with van der Waals surface area (Å²) in [5, 5.41) is 2.62. The summed E-state index contributed by atoms with van der Waals surface area (Å²) >= 11 is 0. The molecule has 0 radical (unpaired) electrons. The fraction of sp³-hybridized carbons (Fsp3) is 0. The Kier molecular flexibility index (Phi) is 3.99. The van der Waals surface area contributed by atoms with Gasteiger partial charge < -0.3 is 11.1 Å². The second-order valence-electron chi connectivity index (χ2n) is 5.70. The second kappa shape index (κ2) is 6.60. The number of benzene rings is 2. The lowest BCUT2D eigenvalue weighted by Gasteiger charge is -2.09. The molecule has 26 heavy (non-hydrogen) atoms. The smallest absolute Gasteiger partial charge is 0.221 e. The zero-order valence-corrected chi connectivity index (χ0v) is 13.8. The highest BCUT2D eigenvalue weighted by Gasteiger charge is 2.11. The number of pyridine rings is 1. The predicted octanol–water partition coefficient (Wildman–Crippen LogP) is 3.51. The van der Waals surface area contributed by atoms with E-state index in [-0.39, 0.29) is 5.95 Å². The summed E-state index contributed by atoms with van der Waals surface area (Å²) in [7, 11) is 0. The fourth-order valence-corrected chi connectivity index (χ4v) is 2.80. The number of carbonyl (C=O) groups excluding carboxylic acids is 1. The molecule has 0 fully saturated rings. The summed E-state index contributed by atoms with van der Waals surface area (Å²) in [6, 6.07) is 21.0. The van der Waals surface area contributed by atoms with E-state index in [2.05, 4.69) is 15.3 Å². The SMILES string of the molecule is Nc1nc(-c2ccccc2)c2nc(-c3ccc(NC=O)cc3)ccc2n1. The van der Waals surface area contributed by atoms with Crippen molar-refractivity contribution in [1.29, 1.82) is 0 Å². The maximum absolute atomic E-state index is 10.5. The summed E-state index contributed by atoms with van der Waals surface area (Å²) in [6.45, 7) is 0. The first-order valence-corrected chi connectivity index (χ1v) is 8.05. The van der Waals surface area contributed by atoms with Gasteiger partial charge in [-0.1, -0.05) is 42.5 Å². The largest absolute Gasteiger partial charge is 0.368 e. The first kappa shape index (κ1) is 15.7. The summed E-state index contributed by atoms with van der Waals surface area (Å²) in [5.74, 6) is 0.218. The molecule has 0 aliphatic heterocycles. The number of nitrogens with zero attached hydrogens (tertiary/aromatic N) is 3. The van der Waals surface area contributed by atoms with Crippen molar-refractivity contribution in [2.75, 3.05) is 11.1 Å². The summed E-state index contributed by atoms with van der Waals surface area (Å²) in [5.41, 5.74) is 11.3. The first-order valence-electron chi connectivity index (χ1n) is 8.05. The van der Waals surface area contributed by atoms with Gasteiger partial charge in [0.2, 0.25) is 12.4 Å². The quantitative estimate of drug-likeness (QED) is 0.554. The highest BCUT2D eigenvalue weighted by atomic mass is 16.1. The van der Waals surface area contributed by atoms with E-state index in [0.717, 1.165) is 22.5 Å². The Balaban J connectivity index is 1.86. The van der Waals surface area contributed by atoms with Crippen LogP contribution in [0.3, 0.4) is 0 Å². The van der Waals surface area contributed by atoms with Crippen LogP contribution in [0.5, 0.6) is 0 Å². The Labute approximate surface area is 149 Å². The summed E-state index contributed by atoms with van der Waals surface area (Å²) in [6.07, 6.45) is 0.650. The van der Waals surface area contributed by atoms with E-state index in [0.29, 0.717) is 23.1 Å². The third-order valence-electron chi connectivity index (χ3n) is 4.01. The number of hydrogen-bond donors (Lipinski definition) is 2. The lowest BCUT2D eigenvalue weighted by molar-refractivity contribution is -0.105. The van der Waals surface area contributed by atoms with Crippen LogP contribution in [-0.4, -0.2) is 21.4 Å². The van der Waals surface area contributed by atoms with Crippen LogP contribution in [0.2, 0.25) is 0 Å². The molecule has 0 saturated heterocycles. The van der Waals surface area contributed by atoms with Crippen molar-refractivity contribution < 1.29 is 4.79 Å². The van der Waals surface area contributed by atoms with Crippen molar-refractivity contribution in [1.82, 2.24) is 15.0 Å². The molecular weight excluding hydrogens is 326 g/mol. The van der Waals surface area contributed by atoms with E-state index in [9.17, 15) is 4.79 Å². The van der Waals surface area contributed by atoms with E-state index < -0.39 is 0 Å². The van der Waals surface area contributed by atoms with E-state index >= 15 is 0 Å². The number of aromatic nitrogens is 3. The molecule has 4 rings (SSSR count). The van der Waals surface area contributed by atoms with Gasteiger partial charge in [0.1, 0.15) is 11.2 Å². The topological polar surface area (TPSA) is 93.8 Å². The minimum Gasteiger partial charge on any atom is -0.368 e. The Bertz CT molecular complexity index is 1080. The number of fused-ring (bicyclic) bond motifs is 1. The Morgan fingerprint density at radius 2 is 1.58 bits per heavy atom. The second-order valence-corrected chi connectivity index (χ2v) is 5.70. The maximum Gasteiger partial charge on any atom is 0.221 e. The van der Waals surface area contributed by atoms with Crippen molar-refractivity contribution in [2.24, 2.45) is 0 Å². The van der Waals surface area contributed by atoms with Gasteiger partial charge in [-0.25, -0.2) is 15.0 Å². The number of anilines is 2. The third-order valence-corrected chi connectivity index (χ3v) is 4.01. The van der Waals surface area contributed by atoms with Crippen molar-refractivity contribution in [3.05, 3.63) is 66.7 Å². The third kappa shape index (κ3) is 2.95. The van der Waals surface area contributed by atoms with Gasteiger partial charge in [-0.3, -0.25) is 4.79 Å². The van der Waals surface area contributed by atoms with Crippen molar-refractivity contribution in [3.8, 4) is 22.5 Å². The lowest BCUT2D eigenvalue weighted by atomic mass is 10.1. The van der Waals surface area contributed by atoms with Gasteiger partial charge in [0, 0.05) is 16.8 Å². The van der Waals surface area contributed by atoms with Gasteiger partial charge in [0.05, 0.1) is 11.2 Å². The number of rotatable bonds is 4. The average Bonchev–Trinajstić information content (AvgIpc) is 2.68. The van der Waals surface area contributed by atoms with Crippen molar-refractivity contribution >= 4 is 29.1 Å².